The molecule has 1 aliphatic heterocycles. The third-order valence-electron chi connectivity index (χ3n) is 4.45. The quantitative estimate of drug-likeness (QED) is 0.319. The highest BCUT2D eigenvalue weighted by Gasteiger charge is 2.31. The molecule has 0 aromatic heterocycles. The molecule has 0 saturated carbocycles. The first kappa shape index (κ1) is 25.4. The van der Waals surface area contributed by atoms with Gasteiger partial charge >= 0.3 is 0 Å². The molecule has 1 aliphatic rings. The number of ether oxygens (including phenoxy) is 2. The fraction of sp³-hybridized carbons (Fsp3) is 0.261. The molecule has 1 saturated heterocycles. The van der Waals surface area contributed by atoms with E-state index < -0.39 is 0 Å². The van der Waals surface area contributed by atoms with Crippen LogP contribution in [0, 0.1) is 0 Å². The summed E-state index contributed by atoms with van der Waals surface area (Å²) in [6, 6.07) is 10.0. The Morgan fingerprint density at radius 1 is 1.15 bits per heavy atom. The van der Waals surface area contributed by atoms with E-state index in [1.165, 1.54) is 11.8 Å². The topological polar surface area (TPSA) is 67.9 Å². The molecule has 1 N–H and O–H groups in total. The molecule has 0 atom stereocenters. The molecule has 0 bridgehead atoms. The number of carbonyl (C=O) groups excluding carboxylic acids is 2. The van der Waals surface area contributed by atoms with Crippen LogP contribution in [0.3, 0.4) is 0 Å². The number of anilines is 1. The molecule has 6 nitrogen and oxygen atoms in total. The third-order valence-corrected chi connectivity index (χ3v) is 6.38. The van der Waals surface area contributed by atoms with Crippen LogP contribution in [0.25, 0.3) is 6.08 Å². The summed E-state index contributed by atoms with van der Waals surface area (Å²) in [4.78, 5) is 27.1. The molecule has 3 rings (SSSR count). The van der Waals surface area contributed by atoms with Crippen molar-refractivity contribution in [2.75, 3.05) is 25.1 Å². The zero-order valence-corrected chi connectivity index (χ0v) is 21.2. The van der Waals surface area contributed by atoms with Crippen LogP contribution < -0.4 is 14.8 Å². The second-order valence-electron chi connectivity index (χ2n) is 6.93. The van der Waals surface area contributed by atoms with Gasteiger partial charge in [-0.2, -0.15) is 0 Å². The summed E-state index contributed by atoms with van der Waals surface area (Å²) >= 11 is 18.6. The van der Waals surface area contributed by atoms with Gasteiger partial charge in [0.25, 0.3) is 11.8 Å². The van der Waals surface area contributed by atoms with Crippen LogP contribution in [0.15, 0.2) is 41.3 Å². The van der Waals surface area contributed by atoms with Gasteiger partial charge in [0.1, 0.15) is 4.32 Å². The highest BCUT2D eigenvalue weighted by Crippen LogP contribution is 2.35. The zero-order valence-electron chi connectivity index (χ0n) is 18.0. The van der Waals surface area contributed by atoms with Crippen LogP contribution in [-0.2, 0) is 9.59 Å². The highest BCUT2D eigenvalue weighted by molar-refractivity contribution is 8.26. The number of thioether (sulfide) groups is 1. The van der Waals surface area contributed by atoms with Crippen molar-refractivity contribution in [3.8, 4) is 11.5 Å². The fourth-order valence-electron chi connectivity index (χ4n) is 2.99. The minimum absolute atomic E-state index is 0.0948. The number of carbonyl (C=O) groups is 2. The molecule has 1 heterocycles. The average molecular weight is 525 g/mol. The Morgan fingerprint density at radius 3 is 2.64 bits per heavy atom. The number of rotatable bonds is 9. The highest BCUT2D eigenvalue weighted by atomic mass is 35.5. The number of thiocarbonyl (C=S) groups is 1. The second kappa shape index (κ2) is 11.7. The van der Waals surface area contributed by atoms with E-state index in [0.29, 0.717) is 49.6 Å². The van der Waals surface area contributed by atoms with E-state index in [1.807, 2.05) is 13.8 Å². The lowest BCUT2D eigenvalue weighted by Gasteiger charge is -2.13. The normalized spacial score (nSPS) is 14.7. The number of benzene rings is 2. The Hall–Kier alpha value is -2.26. The van der Waals surface area contributed by atoms with Crippen molar-refractivity contribution in [3.63, 3.8) is 0 Å². The van der Waals surface area contributed by atoms with Crippen LogP contribution >= 0.6 is 47.2 Å². The van der Waals surface area contributed by atoms with Gasteiger partial charge in [-0.3, -0.25) is 14.5 Å². The predicted molar refractivity (Wildman–Crippen MR) is 138 cm³/mol. The number of halogens is 2. The van der Waals surface area contributed by atoms with E-state index in [2.05, 4.69) is 5.32 Å². The monoisotopic (exact) mass is 524 g/mol. The second-order valence-corrected chi connectivity index (χ2v) is 9.45. The Kier molecular flexibility index (Phi) is 9.02. The molecule has 33 heavy (non-hydrogen) atoms. The minimum atomic E-state index is -0.384. The molecule has 2 amide bonds. The first-order chi connectivity index (χ1) is 15.8. The lowest BCUT2D eigenvalue weighted by Crippen LogP contribution is -2.28. The van der Waals surface area contributed by atoms with Crippen molar-refractivity contribution in [3.05, 3.63) is 56.9 Å². The molecule has 2 aromatic carbocycles. The third kappa shape index (κ3) is 6.63. The number of hydrogen-bond donors (Lipinski definition) is 1. The smallest absolute Gasteiger partial charge is 0.266 e. The largest absolute Gasteiger partial charge is 0.490 e. The van der Waals surface area contributed by atoms with E-state index >= 15 is 0 Å². The number of hydrogen-bond acceptors (Lipinski definition) is 6. The average Bonchev–Trinajstić information content (AvgIpc) is 3.03. The lowest BCUT2D eigenvalue weighted by atomic mass is 10.2. The standard InChI is InChI=1S/C23H22Cl2N2O4S2/c1-3-9-27-22(29)20(33-23(27)32)11-14-5-8-18(19(10-14)30-4-2)31-13-21(28)26-17-7-6-15(24)12-16(17)25/h5-8,10-12H,3-4,9,13H2,1-2H3,(H,26,28)/b20-11-. The van der Waals surface area contributed by atoms with Crippen molar-refractivity contribution in [1.29, 1.82) is 0 Å². The lowest BCUT2D eigenvalue weighted by molar-refractivity contribution is -0.122. The van der Waals surface area contributed by atoms with Crippen LogP contribution in [0.5, 0.6) is 11.5 Å². The summed E-state index contributed by atoms with van der Waals surface area (Å²) in [6.45, 7) is 4.61. The molecule has 10 heteroatoms. The van der Waals surface area contributed by atoms with Gasteiger partial charge in [-0.15, -0.1) is 0 Å². The fourth-order valence-corrected chi connectivity index (χ4v) is 4.75. The van der Waals surface area contributed by atoms with Gasteiger partial charge < -0.3 is 14.8 Å². The predicted octanol–water partition coefficient (Wildman–Crippen LogP) is 6.02. The van der Waals surface area contributed by atoms with Gasteiger partial charge in [-0.25, -0.2) is 0 Å². The van der Waals surface area contributed by atoms with Crippen molar-refractivity contribution < 1.29 is 19.1 Å². The Labute approximate surface area is 212 Å². The zero-order chi connectivity index (χ0) is 24.0. The van der Waals surface area contributed by atoms with Crippen molar-refractivity contribution in [2.45, 2.75) is 20.3 Å². The first-order valence-corrected chi connectivity index (χ1v) is 12.2. The van der Waals surface area contributed by atoms with E-state index in [4.69, 9.17) is 44.9 Å². The summed E-state index contributed by atoms with van der Waals surface area (Å²) in [7, 11) is 0. The molecule has 0 radical (unpaired) electrons. The van der Waals surface area contributed by atoms with E-state index in [-0.39, 0.29) is 18.4 Å². The molecule has 0 spiro atoms. The summed E-state index contributed by atoms with van der Waals surface area (Å²) in [5, 5.41) is 3.49. The molecule has 174 valence electrons. The molecular weight excluding hydrogens is 503 g/mol. The van der Waals surface area contributed by atoms with Crippen molar-refractivity contribution in [2.24, 2.45) is 0 Å². The molecule has 1 fully saturated rings. The maximum atomic E-state index is 12.6. The number of amides is 2. The van der Waals surface area contributed by atoms with Crippen molar-refractivity contribution >= 4 is 75.1 Å². The number of nitrogens with one attached hydrogen (secondary N) is 1. The van der Waals surface area contributed by atoms with E-state index in [0.717, 1.165) is 12.0 Å². The molecule has 2 aromatic rings. The summed E-state index contributed by atoms with van der Waals surface area (Å²) in [5.41, 5.74) is 1.20. The Morgan fingerprint density at radius 2 is 1.94 bits per heavy atom. The summed E-state index contributed by atoms with van der Waals surface area (Å²) < 4.78 is 11.9. The first-order valence-electron chi connectivity index (χ1n) is 10.2. The van der Waals surface area contributed by atoms with Gasteiger partial charge in [-0.1, -0.05) is 60.2 Å². The SMILES string of the molecule is CCCN1C(=O)/C(=C/c2ccc(OCC(=O)Nc3ccc(Cl)cc3Cl)c(OCC)c2)SC1=S. The van der Waals surface area contributed by atoms with Crippen LogP contribution in [0.2, 0.25) is 10.0 Å². The maximum absolute atomic E-state index is 12.6. The maximum Gasteiger partial charge on any atom is 0.266 e. The number of nitrogens with zero attached hydrogens (tertiary/aromatic N) is 1. The summed E-state index contributed by atoms with van der Waals surface area (Å²) in [5.74, 6) is 0.394. The van der Waals surface area contributed by atoms with Crippen LogP contribution in [-0.4, -0.2) is 40.8 Å². The van der Waals surface area contributed by atoms with E-state index in [1.54, 1.807) is 47.4 Å². The Balaban J connectivity index is 1.70. The Bertz CT molecular complexity index is 1110. The van der Waals surface area contributed by atoms with Gasteiger partial charge in [0.2, 0.25) is 0 Å². The van der Waals surface area contributed by atoms with Gasteiger partial charge in [0.15, 0.2) is 18.1 Å². The van der Waals surface area contributed by atoms with Crippen LogP contribution in [0.4, 0.5) is 5.69 Å². The van der Waals surface area contributed by atoms with Crippen molar-refractivity contribution in [1.82, 2.24) is 4.90 Å². The molecular formula is C23H22Cl2N2O4S2. The minimum Gasteiger partial charge on any atom is -0.490 e. The van der Waals surface area contributed by atoms with Gasteiger partial charge in [0.05, 0.1) is 22.2 Å². The van der Waals surface area contributed by atoms with Gasteiger partial charge in [0, 0.05) is 11.6 Å². The van der Waals surface area contributed by atoms with Gasteiger partial charge in [-0.05, 0) is 55.3 Å². The van der Waals surface area contributed by atoms with Crippen LogP contribution in [0.1, 0.15) is 25.8 Å². The summed E-state index contributed by atoms with van der Waals surface area (Å²) in [6.07, 6.45) is 2.61. The molecule has 0 aliphatic carbocycles. The van der Waals surface area contributed by atoms with E-state index in [9.17, 15) is 9.59 Å². The molecule has 0 unspecified atom stereocenters.